The number of rotatable bonds is 6. The first kappa shape index (κ1) is 19.7. The van der Waals surface area contributed by atoms with Crippen molar-refractivity contribution in [3.05, 3.63) is 29.8 Å². The van der Waals surface area contributed by atoms with Gasteiger partial charge in [0.2, 0.25) is 10.0 Å². The van der Waals surface area contributed by atoms with Crippen molar-refractivity contribution in [2.75, 3.05) is 23.6 Å². The number of amides is 1. The van der Waals surface area contributed by atoms with Gasteiger partial charge < -0.3 is 10.6 Å². The van der Waals surface area contributed by atoms with Gasteiger partial charge in [-0.15, -0.1) is 12.4 Å². The van der Waals surface area contributed by atoms with Gasteiger partial charge in [-0.3, -0.25) is 9.52 Å². The lowest BCUT2D eigenvalue weighted by atomic mass is 10.1. The van der Waals surface area contributed by atoms with Crippen LogP contribution in [0.4, 0.5) is 5.69 Å². The van der Waals surface area contributed by atoms with Gasteiger partial charge in [-0.25, -0.2) is 8.42 Å². The highest BCUT2D eigenvalue weighted by molar-refractivity contribution is 7.92. The molecular weight excluding hydrogens is 338 g/mol. The quantitative estimate of drug-likeness (QED) is 0.808. The van der Waals surface area contributed by atoms with Crippen molar-refractivity contribution in [3.63, 3.8) is 0 Å². The molecule has 1 heterocycles. The molecule has 1 saturated heterocycles. The first-order valence-corrected chi connectivity index (χ1v) is 9.23. The van der Waals surface area contributed by atoms with E-state index >= 15 is 0 Å². The Morgan fingerprint density at radius 1 is 1.35 bits per heavy atom. The van der Waals surface area contributed by atoms with Crippen molar-refractivity contribution in [2.24, 2.45) is 5.73 Å². The normalized spacial score (nSPS) is 17.7. The number of nitrogens with two attached hydrogens (primary N) is 1. The van der Waals surface area contributed by atoms with Gasteiger partial charge in [0.15, 0.2) is 0 Å². The lowest BCUT2D eigenvalue weighted by Crippen LogP contribution is -2.39. The summed E-state index contributed by atoms with van der Waals surface area (Å²) in [7, 11) is -3.31. The van der Waals surface area contributed by atoms with E-state index in [4.69, 9.17) is 5.73 Å². The van der Waals surface area contributed by atoms with Crippen LogP contribution >= 0.6 is 12.4 Å². The van der Waals surface area contributed by atoms with Crippen LogP contribution in [-0.2, 0) is 10.0 Å². The van der Waals surface area contributed by atoms with Crippen molar-refractivity contribution in [1.82, 2.24) is 4.90 Å². The Hall–Kier alpha value is -1.31. The maximum Gasteiger partial charge on any atom is 0.254 e. The highest BCUT2D eigenvalue weighted by atomic mass is 35.5. The molecule has 23 heavy (non-hydrogen) atoms. The highest BCUT2D eigenvalue weighted by Crippen LogP contribution is 2.20. The van der Waals surface area contributed by atoms with E-state index in [1.807, 2.05) is 6.92 Å². The van der Waals surface area contributed by atoms with Crippen LogP contribution in [0.2, 0.25) is 0 Å². The number of nitrogens with one attached hydrogen (secondary N) is 1. The summed E-state index contributed by atoms with van der Waals surface area (Å²) in [5.41, 5.74) is 6.72. The Labute approximate surface area is 143 Å². The maximum atomic E-state index is 12.4. The number of likely N-dealkylation sites (tertiary alicyclic amines) is 1. The molecule has 0 saturated carbocycles. The van der Waals surface area contributed by atoms with Crippen molar-refractivity contribution in [2.45, 2.75) is 32.2 Å². The highest BCUT2D eigenvalue weighted by Gasteiger charge is 2.28. The molecule has 1 atom stereocenters. The van der Waals surface area contributed by atoms with Crippen LogP contribution in [0.25, 0.3) is 0 Å². The first-order chi connectivity index (χ1) is 10.5. The lowest BCUT2D eigenvalue weighted by molar-refractivity contribution is 0.0741. The molecule has 0 spiro atoms. The molecule has 0 aliphatic carbocycles. The molecule has 6 nitrogen and oxygen atoms in total. The fourth-order valence-electron chi connectivity index (χ4n) is 2.69. The third-order valence-corrected chi connectivity index (χ3v) is 5.28. The number of halogens is 1. The molecule has 1 aromatic rings. The number of carbonyl (C=O) groups is 1. The van der Waals surface area contributed by atoms with Gasteiger partial charge in [0.05, 0.1) is 5.75 Å². The minimum atomic E-state index is -3.31. The molecule has 1 aliphatic rings. The van der Waals surface area contributed by atoms with Crippen molar-refractivity contribution in [1.29, 1.82) is 0 Å². The lowest BCUT2D eigenvalue weighted by Gasteiger charge is -2.23. The van der Waals surface area contributed by atoms with Crippen LogP contribution in [0.15, 0.2) is 24.3 Å². The van der Waals surface area contributed by atoms with Gasteiger partial charge in [-0.2, -0.15) is 0 Å². The Kier molecular flexibility index (Phi) is 7.31. The molecule has 0 bridgehead atoms. The van der Waals surface area contributed by atoms with Gasteiger partial charge in [0, 0.05) is 30.4 Å². The van der Waals surface area contributed by atoms with Crippen molar-refractivity contribution < 1.29 is 13.2 Å². The summed E-state index contributed by atoms with van der Waals surface area (Å²) in [5.74, 6) is 0.0375. The van der Waals surface area contributed by atoms with E-state index < -0.39 is 10.0 Å². The van der Waals surface area contributed by atoms with Gasteiger partial charge in [0.1, 0.15) is 0 Å². The van der Waals surface area contributed by atoms with E-state index in [9.17, 15) is 13.2 Å². The van der Waals surface area contributed by atoms with Gasteiger partial charge in [0.25, 0.3) is 5.91 Å². The van der Waals surface area contributed by atoms with Crippen molar-refractivity contribution >= 4 is 34.0 Å². The molecule has 2 rings (SSSR count). The summed E-state index contributed by atoms with van der Waals surface area (Å²) in [5, 5.41) is 0. The molecule has 1 unspecified atom stereocenters. The number of hydrogen-bond acceptors (Lipinski definition) is 4. The minimum Gasteiger partial charge on any atom is -0.334 e. The van der Waals surface area contributed by atoms with Crippen LogP contribution < -0.4 is 10.5 Å². The van der Waals surface area contributed by atoms with Gasteiger partial charge in [-0.05, 0) is 43.5 Å². The Morgan fingerprint density at radius 2 is 2.00 bits per heavy atom. The van der Waals surface area contributed by atoms with E-state index in [-0.39, 0.29) is 30.1 Å². The molecule has 1 aliphatic heterocycles. The monoisotopic (exact) mass is 361 g/mol. The predicted molar refractivity (Wildman–Crippen MR) is 94.5 cm³/mol. The smallest absolute Gasteiger partial charge is 0.254 e. The Balaban J connectivity index is 0.00000264. The molecule has 0 aromatic heterocycles. The van der Waals surface area contributed by atoms with Crippen molar-refractivity contribution in [3.8, 4) is 0 Å². The number of nitrogens with zero attached hydrogens (tertiary/aromatic N) is 1. The molecule has 3 N–H and O–H groups in total. The third-order valence-electron chi connectivity index (χ3n) is 3.79. The third kappa shape index (κ3) is 5.09. The largest absolute Gasteiger partial charge is 0.334 e. The summed E-state index contributed by atoms with van der Waals surface area (Å²) < 4.78 is 25.9. The summed E-state index contributed by atoms with van der Waals surface area (Å²) >= 11 is 0. The zero-order chi connectivity index (χ0) is 16.2. The fraction of sp³-hybridized carbons (Fsp3) is 0.533. The number of anilines is 1. The summed E-state index contributed by atoms with van der Waals surface area (Å²) in [4.78, 5) is 14.2. The minimum absolute atomic E-state index is 0. The van der Waals surface area contributed by atoms with E-state index in [0.29, 0.717) is 24.2 Å². The topological polar surface area (TPSA) is 92.5 Å². The van der Waals surface area contributed by atoms with E-state index in [0.717, 1.165) is 19.4 Å². The second-order valence-electron chi connectivity index (χ2n) is 5.53. The standard InChI is InChI=1S/C15H23N3O3S.ClH/c1-2-10-22(20,21)17-13-7-5-12(6-8-13)15(19)18-9-3-4-14(18)11-16;/h5-8,14,17H,2-4,9-11,16H2,1H3;1H. The van der Waals surface area contributed by atoms with Crippen LogP contribution in [0.1, 0.15) is 36.5 Å². The first-order valence-electron chi connectivity index (χ1n) is 7.58. The van der Waals surface area contributed by atoms with Crippen LogP contribution in [0, 0.1) is 0 Å². The van der Waals surface area contributed by atoms with Crippen LogP contribution in [-0.4, -0.2) is 44.1 Å². The van der Waals surface area contributed by atoms with Gasteiger partial charge in [-0.1, -0.05) is 6.92 Å². The van der Waals surface area contributed by atoms with Crippen LogP contribution in [0.5, 0.6) is 0 Å². The molecule has 0 radical (unpaired) electrons. The SMILES string of the molecule is CCCS(=O)(=O)Nc1ccc(C(=O)N2CCCC2CN)cc1.Cl. The fourth-order valence-corrected chi connectivity index (χ4v) is 3.83. The number of benzene rings is 1. The van der Waals surface area contributed by atoms with E-state index in [1.54, 1.807) is 29.2 Å². The molecule has 8 heteroatoms. The van der Waals surface area contributed by atoms with E-state index in [2.05, 4.69) is 4.72 Å². The second kappa shape index (κ2) is 8.52. The number of sulfonamides is 1. The van der Waals surface area contributed by atoms with Crippen LogP contribution in [0.3, 0.4) is 0 Å². The maximum absolute atomic E-state index is 12.4. The number of hydrogen-bond donors (Lipinski definition) is 2. The zero-order valence-corrected chi connectivity index (χ0v) is 14.8. The average Bonchev–Trinajstić information content (AvgIpc) is 2.95. The summed E-state index contributed by atoms with van der Waals surface area (Å²) in [6.07, 6.45) is 2.47. The zero-order valence-electron chi connectivity index (χ0n) is 13.2. The molecule has 1 amide bonds. The number of carbonyl (C=O) groups excluding carboxylic acids is 1. The Morgan fingerprint density at radius 3 is 2.57 bits per heavy atom. The second-order valence-corrected chi connectivity index (χ2v) is 7.37. The average molecular weight is 362 g/mol. The Bertz CT molecular complexity index is 619. The summed E-state index contributed by atoms with van der Waals surface area (Å²) in [6.45, 7) is 3.01. The van der Waals surface area contributed by atoms with E-state index in [1.165, 1.54) is 0 Å². The molecule has 1 aromatic carbocycles. The molecule has 130 valence electrons. The van der Waals surface area contributed by atoms with Gasteiger partial charge >= 0.3 is 0 Å². The molecular formula is C15H24ClN3O3S. The predicted octanol–water partition coefficient (Wildman–Crippen LogP) is 1.82. The summed E-state index contributed by atoms with van der Waals surface area (Å²) in [6, 6.07) is 6.65. The molecule has 1 fully saturated rings.